The third-order valence-corrected chi connectivity index (χ3v) is 5.58. The van der Waals surface area contributed by atoms with Crippen LogP contribution in [0, 0.1) is 4.77 Å². The van der Waals surface area contributed by atoms with E-state index in [2.05, 4.69) is 15.6 Å². The van der Waals surface area contributed by atoms with Crippen LogP contribution in [0.25, 0.3) is 11.4 Å². The number of H-pyrrole nitrogens is 1. The SMILES string of the molecule is CCOc1cc(CNn2c(-c3ccccc3)n[nH]c2=S)cc(Cl)c1OCc1cccc(Cl)c1. The summed E-state index contributed by atoms with van der Waals surface area (Å²) in [5.74, 6) is 1.76. The Morgan fingerprint density at radius 1 is 1.00 bits per heavy atom. The fourth-order valence-electron chi connectivity index (χ4n) is 3.30. The Labute approximate surface area is 207 Å². The molecule has 0 amide bonds. The van der Waals surface area contributed by atoms with Crippen molar-refractivity contribution < 1.29 is 9.47 Å². The topological polar surface area (TPSA) is 64.1 Å². The van der Waals surface area contributed by atoms with Crippen molar-refractivity contribution in [2.75, 3.05) is 12.0 Å². The van der Waals surface area contributed by atoms with Crippen molar-refractivity contribution in [2.24, 2.45) is 0 Å². The predicted molar refractivity (Wildman–Crippen MR) is 134 cm³/mol. The third-order valence-electron chi connectivity index (χ3n) is 4.79. The number of benzene rings is 3. The molecule has 0 unspecified atom stereocenters. The van der Waals surface area contributed by atoms with E-state index in [0.717, 1.165) is 16.7 Å². The van der Waals surface area contributed by atoms with Gasteiger partial charge in [0.1, 0.15) is 6.61 Å². The summed E-state index contributed by atoms with van der Waals surface area (Å²) in [6.07, 6.45) is 0. The summed E-state index contributed by atoms with van der Waals surface area (Å²) < 4.78 is 14.0. The molecule has 9 heteroatoms. The lowest BCUT2D eigenvalue weighted by molar-refractivity contribution is 0.269. The number of rotatable bonds is 9. The number of nitrogens with one attached hydrogen (secondary N) is 2. The molecule has 0 aliphatic heterocycles. The fraction of sp³-hybridized carbons (Fsp3) is 0.167. The number of hydrogen-bond acceptors (Lipinski definition) is 5. The molecule has 3 aromatic carbocycles. The number of aromatic amines is 1. The minimum Gasteiger partial charge on any atom is -0.490 e. The summed E-state index contributed by atoms with van der Waals surface area (Å²) in [5.41, 5.74) is 6.09. The van der Waals surface area contributed by atoms with Crippen LogP contribution in [0.5, 0.6) is 11.5 Å². The Bertz CT molecular complexity index is 1290. The molecular weight excluding hydrogens is 479 g/mol. The molecule has 1 heterocycles. The molecule has 6 nitrogen and oxygen atoms in total. The van der Waals surface area contributed by atoms with E-state index in [1.807, 2.05) is 73.7 Å². The van der Waals surface area contributed by atoms with Crippen LogP contribution in [0.15, 0.2) is 66.7 Å². The summed E-state index contributed by atoms with van der Waals surface area (Å²) in [7, 11) is 0. The van der Waals surface area contributed by atoms with Gasteiger partial charge >= 0.3 is 0 Å². The van der Waals surface area contributed by atoms with Crippen LogP contribution >= 0.6 is 35.4 Å². The van der Waals surface area contributed by atoms with Gasteiger partial charge in [-0.3, -0.25) is 0 Å². The lowest BCUT2D eigenvalue weighted by atomic mass is 10.2. The number of hydrogen-bond donors (Lipinski definition) is 2. The Hall–Kier alpha value is -3.00. The molecule has 0 aliphatic rings. The maximum atomic E-state index is 6.58. The molecule has 0 bridgehead atoms. The quantitative estimate of drug-likeness (QED) is 0.252. The first kappa shape index (κ1) is 23.2. The molecule has 33 heavy (non-hydrogen) atoms. The molecule has 170 valence electrons. The van der Waals surface area contributed by atoms with Crippen LogP contribution in [-0.4, -0.2) is 21.5 Å². The molecule has 0 radical (unpaired) electrons. The second-order valence-electron chi connectivity index (χ2n) is 7.15. The maximum absolute atomic E-state index is 6.58. The highest BCUT2D eigenvalue weighted by Crippen LogP contribution is 2.37. The highest BCUT2D eigenvalue weighted by molar-refractivity contribution is 7.71. The van der Waals surface area contributed by atoms with Crippen molar-refractivity contribution in [3.8, 4) is 22.9 Å². The minimum atomic E-state index is 0.322. The Morgan fingerprint density at radius 2 is 1.82 bits per heavy atom. The molecule has 2 N–H and O–H groups in total. The highest BCUT2D eigenvalue weighted by atomic mass is 35.5. The largest absolute Gasteiger partial charge is 0.490 e. The van der Waals surface area contributed by atoms with Gasteiger partial charge in [0, 0.05) is 10.6 Å². The van der Waals surface area contributed by atoms with Crippen LogP contribution in [0.4, 0.5) is 0 Å². The lowest BCUT2D eigenvalue weighted by Crippen LogP contribution is -2.16. The van der Waals surface area contributed by atoms with Gasteiger partial charge in [-0.05, 0) is 54.5 Å². The van der Waals surface area contributed by atoms with Crippen molar-refractivity contribution in [3.05, 3.63) is 92.7 Å². The summed E-state index contributed by atoms with van der Waals surface area (Å²) in [6, 6.07) is 21.0. The average molecular weight is 501 g/mol. The summed E-state index contributed by atoms with van der Waals surface area (Å²) >= 11 is 18.0. The van der Waals surface area contributed by atoms with Gasteiger partial charge < -0.3 is 14.9 Å². The van der Waals surface area contributed by atoms with E-state index in [9.17, 15) is 0 Å². The van der Waals surface area contributed by atoms with Gasteiger partial charge in [0.15, 0.2) is 17.3 Å². The van der Waals surface area contributed by atoms with E-state index < -0.39 is 0 Å². The van der Waals surface area contributed by atoms with Crippen molar-refractivity contribution >= 4 is 35.4 Å². The van der Waals surface area contributed by atoms with E-state index in [4.69, 9.17) is 44.9 Å². The van der Waals surface area contributed by atoms with Gasteiger partial charge in [-0.1, -0.05) is 65.7 Å². The zero-order valence-corrected chi connectivity index (χ0v) is 20.2. The lowest BCUT2D eigenvalue weighted by Gasteiger charge is -2.16. The summed E-state index contributed by atoms with van der Waals surface area (Å²) in [5, 5.41) is 8.28. The van der Waals surface area contributed by atoms with Crippen molar-refractivity contribution in [1.82, 2.24) is 14.9 Å². The van der Waals surface area contributed by atoms with Gasteiger partial charge in [-0.25, -0.2) is 9.77 Å². The molecule has 0 atom stereocenters. The highest BCUT2D eigenvalue weighted by Gasteiger charge is 2.14. The predicted octanol–water partition coefficient (Wildman–Crippen LogP) is 6.64. The maximum Gasteiger partial charge on any atom is 0.214 e. The van der Waals surface area contributed by atoms with Crippen LogP contribution in [0.2, 0.25) is 10.0 Å². The van der Waals surface area contributed by atoms with Crippen LogP contribution in [-0.2, 0) is 13.2 Å². The van der Waals surface area contributed by atoms with Crippen LogP contribution in [0.3, 0.4) is 0 Å². The second-order valence-corrected chi connectivity index (χ2v) is 8.38. The minimum absolute atomic E-state index is 0.322. The molecule has 0 fully saturated rings. The van der Waals surface area contributed by atoms with E-state index in [-0.39, 0.29) is 0 Å². The molecular formula is C24H22Cl2N4O2S. The average Bonchev–Trinajstić information content (AvgIpc) is 3.18. The molecule has 4 aromatic rings. The van der Waals surface area contributed by atoms with Gasteiger partial charge in [0.25, 0.3) is 0 Å². The zero-order valence-electron chi connectivity index (χ0n) is 17.8. The first-order valence-corrected chi connectivity index (χ1v) is 11.5. The van der Waals surface area contributed by atoms with Crippen molar-refractivity contribution in [2.45, 2.75) is 20.1 Å². The summed E-state index contributed by atoms with van der Waals surface area (Å²) in [4.78, 5) is 0. The first-order valence-electron chi connectivity index (χ1n) is 10.3. The van der Waals surface area contributed by atoms with Crippen molar-refractivity contribution in [3.63, 3.8) is 0 Å². The Kier molecular flexibility index (Phi) is 7.54. The van der Waals surface area contributed by atoms with Gasteiger partial charge in [0.2, 0.25) is 4.77 Å². The van der Waals surface area contributed by atoms with E-state index in [0.29, 0.717) is 51.9 Å². The van der Waals surface area contributed by atoms with E-state index >= 15 is 0 Å². The molecule has 0 saturated heterocycles. The van der Waals surface area contributed by atoms with Gasteiger partial charge in [-0.15, -0.1) is 0 Å². The second kappa shape index (κ2) is 10.7. The van der Waals surface area contributed by atoms with E-state index in [1.54, 1.807) is 4.68 Å². The smallest absolute Gasteiger partial charge is 0.214 e. The fourth-order valence-corrected chi connectivity index (χ4v) is 4.00. The molecule has 1 aromatic heterocycles. The molecule has 4 rings (SSSR count). The van der Waals surface area contributed by atoms with Crippen LogP contribution in [0.1, 0.15) is 18.1 Å². The number of halogens is 2. The van der Waals surface area contributed by atoms with Crippen LogP contribution < -0.4 is 14.9 Å². The molecule has 0 spiro atoms. The van der Waals surface area contributed by atoms with Crippen molar-refractivity contribution in [1.29, 1.82) is 0 Å². The Balaban J connectivity index is 1.54. The molecule has 0 aliphatic carbocycles. The number of nitrogens with zero attached hydrogens (tertiary/aromatic N) is 2. The third kappa shape index (κ3) is 5.68. The zero-order chi connectivity index (χ0) is 23.2. The monoisotopic (exact) mass is 500 g/mol. The van der Waals surface area contributed by atoms with Gasteiger partial charge in [-0.2, -0.15) is 5.10 Å². The van der Waals surface area contributed by atoms with E-state index in [1.165, 1.54) is 0 Å². The van der Waals surface area contributed by atoms with Gasteiger partial charge in [0.05, 0.1) is 18.2 Å². The molecule has 0 saturated carbocycles. The summed E-state index contributed by atoms with van der Waals surface area (Å²) in [6.45, 7) is 3.16. The number of ether oxygens (including phenoxy) is 2. The first-order chi connectivity index (χ1) is 16.0. The normalized spacial score (nSPS) is 10.8. The standard InChI is InChI=1S/C24H22Cl2N4O2S/c1-2-31-21-13-17(12-20(26)22(21)32-15-16-7-6-10-19(25)11-16)14-27-30-23(28-29-24(30)33)18-8-4-3-5-9-18/h3-13,27H,2,14-15H2,1H3,(H,29,33). The number of aromatic nitrogens is 3. The Morgan fingerprint density at radius 3 is 2.58 bits per heavy atom.